The lowest BCUT2D eigenvalue weighted by Crippen LogP contribution is -2.15. The minimum Gasteiger partial charge on any atom is -0.310 e. The van der Waals surface area contributed by atoms with Crippen molar-refractivity contribution in [1.29, 1.82) is 0 Å². The minimum absolute atomic E-state index is 0.0631. The van der Waals surface area contributed by atoms with E-state index in [1.165, 1.54) is 0 Å². The Hall–Kier alpha value is -3.15. The Balaban J connectivity index is 1.63. The highest BCUT2D eigenvalue weighted by molar-refractivity contribution is 6.42. The molecule has 4 aromatic rings. The molecule has 31 heavy (non-hydrogen) atoms. The number of rotatable bonds is 6. The molecule has 0 saturated carbocycles. The highest BCUT2D eigenvalue weighted by Crippen LogP contribution is 2.33. The van der Waals surface area contributed by atoms with Crippen LogP contribution in [0.1, 0.15) is 28.8 Å². The Kier molecular flexibility index (Phi) is 6.07. The number of anilines is 1. The van der Waals surface area contributed by atoms with Crippen molar-refractivity contribution in [2.24, 2.45) is 0 Å². The molecule has 0 atom stereocenters. The molecule has 0 fully saturated rings. The molecule has 4 rings (SSSR count). The molecule has 2 aromatic heterocycles. The first-order valence-electron chi connectivity index (χ1n) is 9.75. The lowest BCUT2D eigenvalue weighted by Gasteiger charge is -2.09. The molecular weight excluding hydrogens is 433 g/mol. The van der Waals surface area contributed by atoms with Crippen molar-refractivity contribution in [2.75, 3.05) is 5.32 Å². The van der Waals surface area contributed by atoms with E-state index in [4.69, 9.17) is 28.2 Å². The van der Waals surface area contributed by atoms with Gasteiger partial charge in [-0.3, -0.25) is 14.0 Å². The van der Waals surface area contributed by atoms with Gasteiger partial charge in [0, 0.05) is 30.2 Å². The topological polar surface area (TPSA) is 63.5 Å². The minimum atomic E-state index is -0.270. The lowest BCUT2D eigenvalue weighted by molar-refractivity contribution is -0.116. The molecule has 0 unspecified atom stereocenters. The molecule has 0 bridgehead atoms. The summed E-state index contributed by atoms with van der Waals surface area (Å²) in [6.45, 7) is 1.95. The molecule has 1 N–H and O–H groups in total. The standard InChI is InChI=1S/C24H19Cl2N3O2/c1-15-6-5-13-29-23(15)28-22(17-9-10-18(25)19(26)14-17)24(29)27-21(31)12-11-20(30)16-7-3-2-4-8-16/h2-10,13-14H,11-12H2,1H3,(H,27,31). The number of aryl methyl sites for hydroxylation is 1. The van der Waals surface area contributed by atoms with Crippen molar-refractivity contribution in [3.05, 3.63) is 88.0 Å². The van der Waals surface area contributed by atoms with Gasteiger partial charge in [0.15, 0.2) is 5.78 Å². The molecule has 0 saturated heterocycles. The number of nitrogens with one attached hydrogen (secondary N) is 1. The van der Waals surface area contributed by atoms with Crippen LogP contribution in [0.25, 0.3) is 16.9 Å². The average Bonchev–Trinajstić information content (AvgIpc) is 3.14. The Morgan fingerprint density at radius 2 is 1.74 bits per heavy atom. The van der Waals surface area contributed by atoms with E-state index in [-0.39, 0.29) is 24.5 Å². The van der Waals surface area contributed by atoms with E-state index in [2.05, 4.69) is 5.32 Å². The van der Waals surface area contributed by atoms with Crippen LogP contribution in [-0.2, 0) is 4.79 Å². The third-order valence-electron chi connectivity index (χ3n) is 4.97. The number of nitrogens with zero attached hydrogens (tertiary/aromatic N) is 2. The van der Waals surface area contributed by atoms with Crippen molar-refractivity contribution in [1.82, 2.24) is 9.38 Å². The van der Waals surface area contributed by atoms with Gasteiger partial charge in [0.25, 0.3) is 0 Å². The van der Waals surface area contributed by atoms with Crippen molar-refractivity contribution >= 4 is 46.4 Å². The van der Waals surface area contributed by atoms with E-state index in [9.17, 15) is 9.59 Å². The van der Waals surface area contributed by atoms with Gasteiger partial charge >= 0.3 is 0 Å². The van der Waals surface area contributed by atoms with Crippen LogP contribution in [0.2, 0.25) is 10.0 Å². The second-order valence-electron chi connectivity index (χ2n) is 7.16. The normalized spacial score (nSPS) is 10.9. The lowest BCUT2D eigenvalue weighted by atomic mass is 10.1. The molecule has 0 aliphatic carbocycles. The van der Waals surface area contributed by atoms with Crippen LogP contribution in [0.4, 0.5) is 5.82 Å². The first-order valence-corrected chi connectivity index (χ1v) is 10.5. The fourth-order valence-electron chi connectivity index (χ4n) is 3.36. The van der Waals surface area contributed by atoms with Crippen LogP contribution in [0, 0.1) is 6.92 Å². The summed E-state index contributed by atoms with van der Waals surface area (Å²) in [6.07, 6.45) is 2.02. The Labute approximate surface area is 189 Å². The van der Waals surface area contributed by atoms with Crippen molar-refractivity contribution in [3.63, 3.8) is 0 Å². The van der Waals surface area contributed by atoms with Crippen LogP contribution in [-0.4, -0.2) is 21.1 Å². The van der Waals surface area contributed by atoms with Gasteiger partial charge in [-0.05, 0) is 30.7 Å². The summed E-state index contributed by atoms with van der Waals surface area (Å²) in [7, 11) is 0. The number of aromatic nitrogens is 2. The monoisotopic (exact) mass is 451 g/mol. The number of imidazole rings is 1. The second-order valence-corrected chi connectivity index (χ2v) is 7.97. The van der Waals surface area contributed by atoms with E-state index < -0.39 is 0 Å². The van der Waals surface area contributed by atoms with Crippen LogP contribution in [0.3, 0.4) is 0 Å². The summed E-state index contributed by atoms with van der Waals surface area (Å²) >= 11 is 12.3. The van der Waals surface area contributed by atoms with Crippen LogP contribution in [0.5, 0.6) is 0 Å². The number of amides is 1. The molecule has 0 spiro atoms. The summed E-state index contributed by atoms with van der Waals surface area (Å²) in [6, 6.07) is 18.0. The average molecular weight is 452 g/mol. The number of carbonyl (C=O) groups excluding carboxylic acids is 2. The fourth-order valence-corrected chi connectivity index (χ4v) is 3.66. The first-order chi connectivity index (χ1) is 14.9. The smallest absolute Gasteiger partial charge is 0.226 e. The fraction of sp³-hybridized carbons (Fsp3) is 0.125. The number of Topliss-reactive ketones (excluding diaryl/α,β-unsaturated/α-hetero) is 1. The van der Waals surface area contributed by atoms with Crippen LogP contribution >= 0.6 is 23.2 Å². The van der Waals surface area contributed by atoms with Gasteiger partial charge in [-0.25, -0.2) is 4.98 Å². The number of hydrogen-bond donors (Lipinski definition) is 1. The number of hydrogen-bond acceptors (Lipinski definition) is 3. The largest absolute Gasteiger partial charge is 0.310 e. The SMILES string of the molecule is Cc1cccn2c(NC(=O)CCC(=O)c3ccccc3)c(-c3ccc(Cl)c(Cl)c3)nc12. The molecule has 7 heteroatoms. The summed E-state index contributed by atoms with van der Waals surface area (Å²) in [5, 5.41) is 3.78. The van der Waals surface area contributed by atoms with Gasteiger partial charge in [0.05, 0.1) is 10.0 Å². The van der Waals surface area contributed by atoms with Gasteiger partial charge < -0.3 is 5.32 Å². The maximum atomic E-state index is 12.7. The van der Waals surface area contributed by atoms with Gasteiger partial charge in [0.1, 0.15) is 17.2 Å². The third-order valence-corrected chi connectivity index (χ3v) is 5.71. The zero-order chi connectivity index (χ0) is 22.0. The van der Waals surface area contributed by atoms with Crippen LogP contribution in [0.15, 0.2) is 66.9 Å². The number of benzene rings is 2. The van der Waals surface area contributed by atoms with Gasteiger partial charge in [0.2, 0.25) is 5.91 Å². The molecule has 5 nitrogen and oxygen atoms in total. The van der Waals surface area contributed by atoms with Crippen molar-refractivity contribution in [2.45, 2.75) is 19.8 Å². The Morgan fingerprint density at radius 3 is 2.48 bits per heavy atom. The van der Waals surface area contributed by atoms with Crippen molar-refractivity contribution in [3.8, 4) is 11.3 Å². The number of fused-ring (bicyclic) bond motifs is 1. The predicted octanol–water partition coefficient (Wildman–Crippen LogP) is 6.22. The summed E-state index contributed by atoms with van der Waals surface area (Å²) in [5.74, 6) is 0.178. The van der Waals surface area contributed by atoms with E-state index in [0.717, 1.165) is 16.8 Å². The van der Waals surface area contributed by atoms with Gasteiger partial charge in [-0.1, -0.05) is 65.7 Å². The molecule has 2 heterocycles. The maximum Gasteiger partial charge on any atom is 0.226 e. The van der Waals surface area contributed by atoms with E-state index >= 15 is 0 Å². The Bertz CT molecular complexity index is 1280. The zero-order valence-corrected chi connectivity index (χ0v) is 18.2. The Morgan fingerprint density at radius 1 is 0.968 bits per heavy atom. The molecule has 0 aliphatic heterocycles. The van der Waals surface area contributed by atoms with Crippen LogP contribution < -0.4 is 5.32 Å². The molecule has 0 radical (unpaired) electrons. The van der Waals surface area contributed by atoms with E-state index in [1.54, 1.807) is 42.5 Å². The van der Waals surface area contributed by atoms with E-state index in [0.29, 0.717) is 27.1 Å². The molecule has 156 valence electrons. The highest BCUT2D eigenvalue weighted by atomic mass is 35.5. The molecule has 1 amide bonds. The maximum absolute atomic E-state index is 12.7. The summed E-state index contributed by atoms with van der Waals surface area (Å²) in [5.41, 5.74) is 3.59. The third kappa shape index (κ3) is 4.48. The summed E-state index contributed by atoms with van der Waals surface area (Å²) < 4.78 is 1.82. The van der Waals surface area contributed by atoms with E-state index in [1.807, 2.05) is 35.7 Å². The van der Waals surface area contributed by atoms with Gasteiger partial charge in [-0.2, -0.15) is 0 Å². The second kappa shape index (κ2) is 8.92. The number of carbonyl (C=O) groups is 2. The number of halogens is 2. The summed E-state index contributed by atoms with van der Waals surface area (Å²) in [4.78, 5) is 29.8. The number of pyridine rings is 1. The molecule has 0 aliphatic rings. The van der Waals surface area contributed by atoms with Gasteiger partial charge in [-0.15, -0.1) is 0 Å². The highest BCUT2D eigenvalue weighted by Gasteiger charge is 2.19. The number of ketones is 1. The predicted molar refractivity (Wildman–Crippen MR) is 124 cm³/mol. The molecular formula is C24H19Cl2N3O2. The quantitative estimate of drug-likeness (QED) is 0.354. The zero-order valence-electron chi connectivity index (χ0n) is 16.7. The van der Waals surface area contributed by atoms with Crippen molar-refractivity contribution < 1.29 is 9.59 Å². The molecule has 2 aromatic carbocycles. The first kappa shape index (κ1) is 21.1.